The monoisotopic (exact) mass is 217 g/mol. The summed E-state index contributed by atoms with van der Waals surface area (Å²) in [6.07, 6.45) is 3.56. The predicted octanol–water partition coefficient (Wildman–Crippen LogP) is 1.92. The normalized spacial score (nSPS) is 32.1. The van der Waals surface area contributed by atoms with Crippen molar-refractivity contribution in [2.24, 2.45) is 5.92 Å². The van der Waals surface area contributed by atoms with Gasteiger partial charge in [-0.05, 0) is 25.8 Å². The molecule has 0 aliphatic heterocycles. The van der Waals surface area contributed by atoms with Crippen molar-refractivity contribution in [2.45, 2.75) is 56.6 Å². The summed E-state index contributed by atoms with van der Waals surface area (Å²) >= 11 is 0. The maximum absolute atomic E-state index is 12.2. The van der Waals surface area contributed by atoms with Crippen molar-refractivity contribution in [1.82, 2.24) is 5.32 Å². The first-order valence-corrected chi connectivity index (χ1v) is 6.92. The predicted molar refractivity (Wildman–Crippen MR) is 62.9 cm³/mol. The van der Waals surface area contributed by atoms with Gasteiger partial charge in [0.1, 0.15) is 0 Å². The van der Waals surface area contributed by atoms with Crippen LogP contribution in [0.15, 0.2) is 0 Å². The van der Waals surface area contributed by atoms with Gasteiger partial charge in [-0.25, -0.2) is 0 Å². The Kier molecular flexibility index (Phi) is 4.58. The van der Waals surface area contributed by atoms with Crippen LogP contribution in [-0.2, 0) is 10.8 Å². The van der Waals surface area contributed by atoms with Crippen LogP contribution in [-0.4, -0.2) is 27.8 Å². The van der Waals surface area contributed by atoms with E-state index in [1.54, 1.807) is 0 Å². The third-order valence-electron chi connectivity index (χ3n) is 3.43. The van der Waals surface area contributed by atoms with Crippen molar-refractivity contribution in [1.29, 1.82) is 0 Å². The molecule has 1 rings (SSSR count). The molecule has 0 aromatic heterocycles. The van der Waals surface area contributed by atoms with Gasteiger partial charge in [0.05, 0.1) is 5.25 Å². The summed E-state index contributed by atoms with van der Waals surface area (Å²) in [4.78, 5) is 0. The van der Waals surface area contributed by atoms with Crippen molar-refractivity contribution >= 4 is 10.8 Å². The number of nitrogens with one attached hydrogen (secondary N) is 1. The molecule has 0 aromatic rings. The van der Waals surface area contributed by atoms with Gasteiger partial charge >= 0.3 is 0 Å². The second kappa shape index (κ2) is 5.26. The first kappa shape index (κ1) is 12.2. The Bertz CT molecular complexity index is 205. The van der Waals surface area contributed by atoms with Crippen molar-refractivity contribution in [3.05, 3.63) is 0 Å². The van der Waals surface area contributed by atoms with Crippen LogP contribution < -0.4 is 5.32 Å². The quantitative estimate of drug-likeness (QED) is 0.779. The second-order valence-electron chi connectivity index (χ2n) is 4.64. The van der Waals surface area contributed by atoms with E-state index in [0.29, 0.717) is 22.5 Å². The van der Waals surface area contributed by atoms with Crippen molar-refractivity contribution in [3.63, 3.8) is 0 Å². The molecule has 1 fully saturated rings. The third-order valence-corrected chi connectivity index (χ3v) is 5.87. The van der Waals surface area contributed by atoms with E-state index >= 15 is 0 Å². The molecule has 2 nitrogen and oxygen atoms in total. The van der Waals surface area contributed by atoms with Crippen LogP contribution >= 0.6 is 0 Å². The van der Waals surface area contributed by atoms with Gasteiger partial charge in [-0.3, -0.25) is 4.21 Å². The van der Waals surface area contributed by atoms with E-state index in [9.17, 15) is 4.21 Å². The topological polar surface area (TPSA) is 29.1 Å². The van der Waals surface area contributed by atoms with Crippen LogP contribution in [0.3, 0.4) is 0 Å². The highest BCUT2D eigenvalue weighted by Crippen LogP contribution is 2.27. The van der Waals surface area contributed by atoms with Crippen LogP contribution in [0, 0.1) is 5.92 Å². The lowest BCUT2D eigenvalue weighted by molar-refractivity contribution is 0.555. The summed E-state index contributed by atoms with van der Waals surface area (Å²) in [6.45, 7) is 6.43. The van der Waals surface area contributed by atoms with Gasteiger partial charge in [0.2, 0.25) is 0 Å². The molecule has 0 saturated heterocycles. The largest absolute Gasteiger partial charge is 0.316 e. The van der Waals surface area contributed by atoms with Gasteiger partial charge in [0.25, 0.3) is 0 Å². The zero-order valence-electron chi connectivity index (χ0n) is 9.75. The highest BCUT2D eigenvalue weighted by molar-refractivity contribution is 7.86. The highest BCUT2D eigenvalue weighted by Gasteiger charge is 2.33. The minimum Gasteiger partial charge on any atom is -0.316 e. The summed E-state index contributed by atoms with van der Waals surface area (Å²) in [5.41, 5.74) is 0. The van der Waals surface area contributed by atoms with Gasteiger partial charge in [-0.1, -0.05) is 27.2 Å². The van der Waals surface area contributed by atoms with E-state index in [0.717, 1.165) is 6.42 Å². The molecule has 0 bridgehead atoms. The maximum atomic E-state index is 12.2. The number of hydrogen-bond acceptors (Lipinski definition) is 2. The van der Waals surface area contributed by atoms with Gasteiger partial charge < -0.3 is 5.32 Å². The highest BCUT2D eigenvalue weighted by atomic mass is 32.2. The minimum atomic E-state index is -0.663. The maximum Gasteiger partial charge on any atom is 0.0503 e. The van der Waals surface area contributed by atoms with Gasteiger partial charge in [-0.2, -0.15) is 0 Å². The van der Waals surface area contributed by atoms with Crippen molar-refractivity contribution < 1.29 is 4.21 Å². The molecule has 0 radical (unpaired) electrons. The van der Waals surface area contributed by atoms with Crippen LogP contribution in [0.5, 0.6) is 0 Å². The first-order chi connectivity index (χ1) is 6.57. The van der Waals surface area contributed by atoms with Crippen LogP contribution in [0.4, 0.5) is 0 Å². The number of hydrogen-bond donors (Lipinski definition) is 1. The lowest BCUT2D eigenvalue weighted by Crippen LogP contribution is -2.39. The zero-order valence-corrected chi connectivity index (χ0v) is 10.6. The molecule has 3 heteroatoms. The molecule has 1 N–H and O–H groups in total. The van der Waals surface area contributed by atoms with E-state index < -0.39 is 10.8 Å². The standard InChI is InChI=1S/C11H23NOS/c1-8(2)9(3)14(13)11-7-5-6-10(11)12-4/h8-12H,5-7H2,1-4H3. The first-order valence-electron chi connectivity index (χ1n) is 5.64. The van der Waals surface area contributed by atoms with Gasteiger partial charge in [-0.15, -0.1) is 0 Å². The SMILES string of the molecule is CNC1CCCC1S(=O)C(C)C(C)C. The molecular formula is C11H23NOS. The lowest BCUT2D eigenvalue weighted by Gasteiger charge is -2.24. The van der Waals surface area contributed by atoms with Crippen molar-refractivity contribution in [3.8, 4) is 0 Å². The Hall–Kier alpha value is 0.110. The fraction of sp³-hybridized carbons (Fsp3) is 1.00. The summed E-state index contributed by atoms with van der Waals surface area (Å²) in [7, 11) is 1.32. The Morgan fingerprint density at radius 3 is 2.43 bits per heavy atom. The third kappa shape index (κ3) is 2.57. The molecule has 1 aliphatic rings. The molecule has 4 atom stereocenters. The Morgan fingerprint density at radius 1 is 1.29 bits per heavy atom. The number of rotatable bonds is 4. The average molecular weight is 217 g/mol. The fourth-order valence-corrected chi connectivity index (χ4v) is 4.16. The molecule has 0 aromatic carbocycles. The molecular weight excluding hydrogens is 194 g/mol. The van der Waals surface area contributed by atoms with E-state index in [1.807, 2.05) is 7.05 Å². The fourth-order valence-electron chi connectivity index (χ4n) is 2.08. The van der Waals surface area contributed by atoms with Crippen molar-refractivity contribution in [2.75, 3.05) is 7.05 Å². The summed E-state index contributed by atoms with van der Waals surface area (Å²) in [5, 5.41) is 4.01. The molecule has 84 valence electrons. The molecule has 0 heterocycles. The molecule has 14 heavy (non-hydrogen) atoms. The molecule has 4 unspecified atom stereocenters. The average Bonchev–Trinajstić information content (AvgIpc) is 2.62. The lowest BCUT2D eigenvalue weighted by atomic mass is 10.2. The summed E-state index contributed by atoms with van der Waals surface area (Å²) in [5.74, 6) is 0.522. The zero-order chi connectivity index (χ0) is 10.7. The van der Waals surface area contributed by atoms with E-state index in [-0.39, 0.29) is 0 Å². The van der Waals surface area contributed by atoms with Crippen LogP contribution in [0.2, 0.25) is 0 Å². The molecule has 1 aliphatic carbocycles. The summed E-state index contributed by atoms with van der Waals surface area (Å²) in [6, 6.07) is 0.483. The van der Waals surface area contributed by atoms with Crippen LogP contribution in [0.1, 0.15) is 40.0 Å². The van der Waals surface area contributed by atoms with E-state index in [2.05, 4.69) is 26.1 Å². The minimum absolute atomic E-state index is 0.328. The Balaban J connectivity index is 2.59. The Morgan fingerprint density at radius 2 is 1.93 bits per heavy atom. The smallest absolute Gasteiger partial charge is 0.0503 e. The van der Waals surface area contributed by atoms with Gasteiger partial charge in [0, 0.05) is 22.1 Å². The van der Waals surface area contributed by atoms with Crippen LogP contribution in [0.25, 0.3) is 0 Å². The molecule has 0 spiro atoms. The van der Waals surface area contributed by atoms with E-state index in [4.69, 9.17) is 0 Å². The second-order valence-corrected chi connectivity index (χ2v) is 6.65. The molecule has 1 saturated carbocycles. The molecule has 0 amide bonds. The Labute approximate surface area is 90.3 Å². The van der Waals surface area contributed by atoms with Gasteiger partial charge in [0.15, 0.2) is 0 Å². The summed E-state index contributed by atoms with van der Waals surface area (Å²) < 4.78 is 12.2. The van der Waals surface area contributed by atoms with E-state index in [1.165, 1.54) is 12.8 Å².